The van der Waals surface area contributed by atoms with Crippen LogP contribution < -0.4 is 5.32 Å². The highest BCUT2D eigenvalue weighted by molar-refractivity contribution is 5.93. The van der Waals surface area contributed by atoms with Gasteiger partial charge in [-0.15, -0.1) is 0 Å². The first-order valence-corrected chi connectivity index (χ1v) is 7.00. The average Bonchev–Trinajstić information content (AvgIpc) is 2.90. The SMILES string of the molecule is C[C@@H](NC(=O)c1ncoc1C1CC1)C1CCCC1. The molecule has 18 heavy (non-hydrogen) atoms. The molecule has 2 fully saturated rings. The molecule has 2 aliphatic rings. The number of rotatable bonds is 4. The minimum absolute atomic E-state index is 0.0648. The first kappa shape index (κ1) is 11.8. The van der Waals surface area contributed by atoms with Gasteiger partial charge in [0, 0.05) is 12.0 Å². The molecular weight excluding hydrogens is 228 g/mol. The van der Waals surface area contributed by atoms with Crippen molar-refractivity contribution in [3.8, 4) is 0 Å². The maximum absolute atomic E-state index is 12.2. The highest BCUT2D eigenvalue weighted by Crippen LogP contribution is 2.41. The van der Waals surface area contributed by atoms with Gasteiger partial charge in [0.2, 0.25) is 0 Å². The maximum Gasteiger partial charge on any atom is 0.273 e. The topological polar surface area (TPSA) is 55.1 Å². The van der Waals surface area contributed by atoms with Crippen molar-refractivity contribution in [3.63, 3.8) is 0 Å². The zero-order valence-electron chi connectivity index (χ0n) is 10.8. The van der Waals surface area contributed by atoms with Gasteiger partial charge < -0.3 is 9.73 Å². The molecule has 4 heteroatoms. The fourth-order valence-electron chi connectivity index (χ4n) is 2.91. The van der Waals surface area contributed by atoms with E-state index in [9.17, 15) is 4.79 Å². The van der Waals surface area contributed by atoms with E-state index in [1.807, 2.05) is 0 Å². The maximum atomic E-state index is 12.2. The van der Waals surface area contributed by atoms with Gasteiger partial charge in [-0.05, 0) is 38.5 Å². The first-order valence-electron chi connectivity index (χ1n) is 7.00. The second-order valence-corrected chi connectivity index (χ2v) is 5.65. The molecule has 3 rings (SSSR count). The Hall–Kier alpha value is -1.32. The summed E-state index contributed by atoms with van der Waals surface area (Å²) in [5.41, 5.74) is 0.502. The molecule has 98 valence electrons. The summed E-state index contributed by atoms with van der Waals surface area (Å²) in [7, 11) is 0. The third kappa shape index (κ3) is 2.28. The molecular formula is C14H20N2O2. The standard InChI is InChI=1S/C14H20N2O2/c1-9(10-4-2-3-5-10)16-14(17)12-13(11-6-7-11)18-8-15-12/h8-11H,2-7H2,1H3,(H,16,17)/t9-/m1/s1. The number of aromatic nitrogens is 1. The molecule has 1 aromatic rings. The number of nitrogens with one attached hydrogen (secondary N) is 1. The summed E-state index contributed by atoms with van der Waals surface area (Å²) in [4.78, 5) is 16.3. The van der Waals surface area contributed by atoms with Gasteiger partial charge in [-0.1, -0.05) is 12.8 Å². The summed E-state index contributed by atoms with van der Waals surface area (Å²) in [6.07, 6.45) is 8.68. The first-order chi connectivity index (χ1) is 8.75. The monoisotopic (exact) mass is 248 g/mol. The minimum atomic E-state index is -0.0648. The molecule has 1 N–H and O–H groups in total. The molecule has 0 radical (unpaired) electrons. The van der Waals surface area contributed by atoms with Crippen LogP contribution in [-0.2, 0) is 0 Å². The van der Waals surface area contributed by atoms with Crippen molar-refractivity contribution < 1.29 is 9.21 Å². The molecule has 2 saturated carbocycles. The van der Waals surface area contributed by atoms with Crippen molar-refractivity contribution in [3.05, 3.63) is 17.8 Å². The highest BCUT2D eigenvalue weighted by Gasteiger charge is 2.33. The zero-order valence-corrected chi connectivity index (χ0v) is 10.8. The number of hydrogen-bond donors (Lipinski definition) is 1. The van der Waals surface area contributed by atoms with E-state index in [1.165, 1.54) is 32.1 Å². The number of amides is 1. The van der Waals surface area contributed by atoms with E-state index in [2.05, 4.69) is 17.2 Å². The molecule has 1 atom stereocenters. The Labute approximate surface area is 107 Å². The van der Waals surface area contributed by atoms with Crippen molar-refractivity contribution >= 4 is 5.91 Å². The van der Waals surface area contributed by atoms with Crippen LogP contribution in [0.2, 0.25) is 0 Å². The van der Waals surface area contributed by atoms with Gasteiger partial charge in [-0.25, -0.2) is 4.98 Å². The molecule has 0 bridgehead atoms. The summed E-state index contributed by atoms with van der Waals surface area (Å²) in [5.74, 6) is 1.77. The Morgan fingerprint density at radius 3 is 2.78 bits per heavy atom. The van der Waals surface area contributed by atoms with Gasteiger partial charge in [0.1, 0.15) is 5.76 Å². The lowest BCUT2D eigenvalue weighted by Gasteiger charge is -2.19. The van der Waals surface area contributed by atoms with E-state index in [4.69, 9.17) is 4.42 Å². The molecule has 0 spiro atoms. The minimum Gasteiger partial charge on any atom is -0.447 e. The van der Waals surface area contributed by atoms with E-state index in [0.29, 0.717) is 17.5 Å². The summed E-state index contributed by atoms with van der Waals surface area (Å²) in [6, 6.07) is 0.240. The molecule has 1 aromatic heterocycles. The van der Waals surface area contributed by atoms with Crippen LogP contribution in [0.25, 0.3) is 0 Å². The second-order valence-electron chi connectivity index (χ2n) is 5.65. The third-order valence-electron chi connectivity index (χ3n) is 4.22. The highest BCUT2D eigenvalue weighted by atomic mass is 16.3. The van der Waals surface area contributed by atoms with Gasteiger partial charge in [0.15, 0.2) is 12.1 Å². The summed E-state index contributed by atoms with van der Waals surface area (Å²) in [6.45, 7) is 2.10. The number of oxazole rings is 1. The van der Waals surface area contributed by atoms with Gasteiger partial charge >= 0.3 is 0 Å². The Morgan fingerprint density at radius 2 is 2.11 bits per heavy atom. The Balaban J connectivity index is 1.64. The molecule has 1 amide bonds. The molecule has 0 aromatic carbocycles. The van der Waals surface area contributed by atoms with Crippen molar-refractivity contribution in [2.75, 3.05) is 0 Å². The second kappa shape index (κ2) is 4.75. The molecule has 0 saturated heterocycles. The van der Waals surface area contributed by atoms with Crippen LogP contribution in [0.4, 0.5) is 0 Å². The normalized spacial score (nSPS) is 22.1. The van der Waals surface area contributed by atoms with E-state index >= 15 is 0 Å². The fourth-order valence-corrected chi connectivity index (χ4v) is 2.91. The summed E-state index contributed by atoms with van der Waals surface area (Å²) < 4.78 is 5.34. The molecule has 1 heterocycles. The summed E-state index contributed by atoms with van der Waals surface area (Å²) >= 11 is 0. The van der Waals surface area contributed by atoms with Crippen molar-refractivity contribution in [2.45, 2.75) is 57.4 Å². The van der Waals surface area contributed by atoms with E-state index in [1.54, 1.807) is 0 Å². The number of nitrogens with zero attached hydrogens (tertiary/aromatic N) is 1. The predicted octanol–water partition coefficient (Wildman–Crippen LogP) is 2.86. The lowest BCUT2D eigenvalue weighted by molar-refractivity contribution is 0.0920. The van der Waals surface area contributed by atoms with Crippen LogP contribution in [0.5, 0.6) is 0 Å². The van der Waals surface area contributed by atoms with Crippen LogP contribution in [0.3, 0.4) is 0 Å². The number of carbonyl (C=O) groups is 1. The molecule has 0 unspecified atom stereocenters. The van der Waals surface area contributed by atoms with Crippen LogP contribution >= 0.6 is 0 Å². The zero-order chi connectivity index (χ0) is 12.5. The Bertz CT molecular complexity index is 431. The molecule has 2 aliphatic carbocycles. The smallest absolute Gasteiger partial charge is 0.273 e. The largest absolute Gasteiger partial charge is 0.447 e. The van der Waals surface area contributed by atoms with Crippen LogP contribution in [0, 0.1) is 5.92 Å². The van der Waals surface area contributed by atoms with Gasteiger partial charge in [-0.3, -0.25) is 4.79 Å². The van der Waals surface area contributed by atoms with Crippen molar-refractivity contribution in [2.24, 2.45) is 5.92 Å². The lowest BCUT2D eigenvalue weighted by Crippen LogP contribution is -2.37. The predicted molar refractivity (Wildman–Crippen MR) is 67.4 cm³/mol. The number of carbonyl (C=O) groups excluding carboxylic acids is 1. The number of hydrogen-bond acceptors (Lipinski definition) is 3. The van der Waals surface area contributed by atoms with Gasteiger partial charge in [0.05, 0.1) is 0 Å². The fraction of sp³-hybridized carbons (Fsp3) is 0.714. The van der Waals surface area contributed by atoms with E-state index in [0.717, 1.165) is 18.6 Å². The molecule has 0 aliphatic heterocycles. The van der Waals surface area contributed by atoms with Crippen LogP contribution in [-0.4, -0.2) is 16.9 Å². The van der Waals surface area contributed by atoms with Crippen LogP contribution in [0.1, 0.15) is 67.6 Å². The summed E-state index contributed by atoms with van der Waals surface area (Å²) in [5, 5.41) is 3.09. The van der Waals surface area contributed by atoms with E-state index in [-0.39, 0.29) is 11.9 Å². The van der Waals surface area contributed by atoms with Crippen molar-refractivity contribution in [1.82, 2.24) is 10.3 Å². The Kier molecular flexibility index (Phi) is 3.10. The molecule has 4 nitrogen and oxygen atoms in total. The average molecular weight is 248 g/mol. The Morgan fingerprint density at radius 1 is 1.39 bits per heavy atom. The van der Waals surface area contributed by atoms with Gasteiger partial charge in [0.25, 0.3) is 5.91 Å². The van der Waals surface area contributed by atoms with Crippen LogP contribution in [0.15, 0.2) is 10.8 Å². The lowest BCUT2D eigenvalue weighted by atomic mass is 9.99. The van der Waals surface area contributed by atoms with E-state index < -0.39 is 0 Å². The quantitative estimate of drug-likeness (QED) is 0.891. The third-order valence-corrected chi connectivity index (χ3v) is 4.22. The van der Waals surface area contributed by atoms with Gasteiger partial charge in [-0.2, -0.15) is 0 Å². The van der Waals surface area contributed by atoms with Crippen molar-refractivity contribution in [1.29, 1.82) is 0 Å².